The van der Waals surface area contributed by atoms with Gasteiger partial charge in [0.2, 0.25) is 0 Å². The number of hydrogen-bond acceptors (Lipinski definition) is 3. The second-order valence-corrected chi connectivity index (χ2v) is 3.96. The molecule has 1 atom stereocenters. The summed E-state index contributed by atoms with van der Waals surface area (Å²) in [6.45, 7) is 5.21. The number of anilines is 1. The lowest BCUT2D eigenvalue weighted by Crippen LogP contribution is -2.49. The van der Waals surface area contributed by atoms with E-state index in [1.807, 2.05) is 18.2 Å². The van der Waals surface area contributed by atoms with Crippen molar-refractivity contribution in [1.82, 2.24) is 5.32 Å². The SMILES string of the molecule is C[C@H]1CN(c2cccc(C#N)c2)CCN1. The zero-order valence-corrected chi connectivity index (χ0v) is 8.90. The van der Waals surface area contributed by atoms with Crippen molar-refractivity contribution in [2.45, 2.75) is 13.0 Å². The molecule has 0 aromatic heterocycles. The van der Waals surface area contributed by atoms with Crippen molar-refractivity contribution in [1.29, 1.82) is 5.26 Å². The molecule has 0 bridgehead atoms. The molecular formula is C12H15N3. The van der Waals surface area contributed by atoms with Gasteiger partial charge in [0.1, 0.15) is 0 Å². The van der Waals surface area contributed by atoms with Crippen LogP contribution >= 0.6 is 0 Å². The minimum atomic E-state index is 0.518. The van der Waals surface area contributed by atoms with Gasteiger partial charge in [-0.25, -0.2) is 0 Å². The van der Waals surface area contributed by atoms with Gasteiger partial charge in [0, 0.05) is 31.4 Å². The van der Waals surface area contributed by atoms with Crippen LogP contribution < -0.4 is 10.2 Å². The van der Waals surface area contributed by atoms with Crippen LogP contribution in [0.4, 0.5) is 5.69 Å². The highest BCUT2D eigenvalue weighted by molar-refractivity contribution is 5.51. The Balaban J connectivity index is 2.18. The Morgan fingerprint density at radius 2 is 2.40 bits per heavy atom. The van der Waals surface area contributed by atoms with E-state index in [0.717, 1.165) is 30.9 Å². The molecule has 15 heavy (non-hydrogen) atoms. The summed E-state index contributed by atoms with van der Waals surface area (Å²) in [5.41, 5.74) is 1.89. The summed E-state index contributed by atoms with van der Waals surface area (Å²) in [6.07, 6.45) is 0. The van der Waals surface area contributed by atoms with E-state index < -0.39 is 0 Å². The molecule has 0 radical (unpaired) electrons. The van der Waals surface area contributed by atoms with Gasteiger partial charge in [-0.3, -0.25) is 0 Å². The Labute approximate surface area is 90.3 Å². The molecular weight excluding hydrogens is 186 g/mol. The van der Waals surface area contributed by atoms with Crippen LogP contribution in [0.25, 0.3) is 0 Å². The van der Waals surface area contributed by atoms with E-state index in [-0.39, 0.29) is 0 Å². The highest BCUT2D eigenvalue weighted by Crippen LogP contribution is 2.17. The Kier molecular flexibility index (Phi) is 2.89. The van der Waals surface area contributed by atoms with E-state index in [1.165, 1.54) is 0 Å². The molecule has 1 N–H and O–H groups in total. The molecule has 1 aromatic carbocycles. The summed E-state index contributed by atoms with van der Waals surface area (Å²) in [7, 11) is 0. The molecule has 1 saturated heterocycles. The Hall–Kier alpha value is -1.53. The minimum absolute atomic E-state index is 0.518. The van der Waals surface area contributed by atoms with Crippen molar-refractivity contribution >= 4 is 5.69 Å². The average molecular weight is 201 g/mol. The molecule has 78 valence electrons. The van der Waals surface area contributed by atoms with E-state index >= 15 is 0 Å². The number of nitriles is 1. The van der Waals surface area contributed by atoms with Gasteiger partial charge < -0.3 is 10.2 Å². The maximum absolute atomic E-state index is 8.83. The zero-order valence-electron chi connectivity index (χ0n) is 8.90. The lowest BCUT2D eigenvalue weighted by atomic mass is 10.1. The van der Waals surface area contributed by atoms with Gasteiger partial charge >= 0.3 is 0 Å². The molecule has 3 heteroatoms. The van der Waals surface area contributed by atoms with Crippen molar-refractivity contribution in [2.24, 2.45) is 0 Å². The van der Waals surface area contributed by atoms with Crippen LogP contribution in [-0.4, -0.2) is 25.7 Å². The van der Waals surface area contributed by atoms with Crippen molar-refractivity contribution in [3.63, 3.8) is 0 Å². The fourth-order valence-corrected chi connectivity index (χ4v) is 1.94. The van der Waals surface area contributed by atoms with E-state index in [2.05, 4.69) is 29.3 Å². The number of hydrogen-bond donors (Lipinski definition) is 1. The Morgan fingerprint density at radius 1 is 1.53 bits per heavy atom. The highest BCUT2D eigenvalue weighted by Gasteiger charge is 2.15. The normalized spacial score (nSPS) is 21.1. The van der Waals surface area contributed by atoms with Gasteiger partial charge in [0.05, 0.1) is 11.6 Å². The lowest BCUT2D eigenvalue weighted by molar-refractivity contribution is 0.485. The van der Waals surface area contributed by atoms with E-state index in [1.54, 1.807) is 0 Å². The molecule has 0 aliphatic carbocycles. The monoisotopic (exact) mass is 201 g/mol. The van der Waals surface area contributed by atoms with Crippen LogP contribution in [0.15, 0.2) is 24.3 Å². The summed E-state index contributed by atoms with van der Waals surface area (Å²) in [5, 5.41) is 12.2. The highest BCUT2D eigenvalue weighted by atomic mass is 15.2. The maximum Gasteiger partial charge on any atom is 0.0992 e. The van der Waals surface area contributed by atoms with Gasteiger partial charge in [-0.1, -0.05) is 6.07 Å². The van der Waals surface area contributed by atoms with Crippen LogP contribution in [-0.2, 0) is 0 Å². The van der Waals surface area contributed by atoms with Crippen LogP contribution in [0, 0.1) is 11.3 Å². The Bertz CT molecular complexity index is 381. The zero-order chi connectivity index (χ0) is 10.7. The number of nitrogens with zero attached hydrogens (tertiary/aromatic N) is 2. The third-order valence-electron chi connectivity index (χ3n) is 2.71. The van der Waals surface area contributed by atoms with Crippen LogP contribution in [0.5, 0.6) is 0 Å². The molecule has 0 saturated carbocycles. The quantitative estimate of drug-likeness (QED) is 0.745. The topological polar surface area (TPSA) is 39.1 Å². The number of nitrogens with one attached hydrogen (secondary N) is 1. The largest absolute Gasteiger partial charge is 0.369 e. The van der Waals surface area contributed by atoms with E-state index in [9.17, 15) is 0 Å². The summed E-state index contributed by atoms with van der Waals surface area (Å²) in [5.74, 6) is 0. The molecule has 1 aliphatic heterocycles. The first kappa shape index (κ1) is 10.0. The summed E-state index contributed by atoms with van der Waals surface area (Å²) < 4.78 is 0. The first-order valence-electron chi connectivity index (χ1n) is 5.28. The second-order valence-electron chi connectivity index (χ2n) is 3.96. The molecule has 1 heterocycles. The molecule has 1 aliphatic rings. The van der Waals surface area contributed by atoms with Crippen molar-refractivity contribution in [3.8, 4) is 6.07 Å². The fourth-order valence-electron chi connectivity index (χ4n) is 1.94. The summed E-state index contributed by atoms with van der Waals surface area (Å²) in [6, 6.07) is 10.5. The Morgan fingerprint density at radius 3 is 3.13 bits per heavy atom. The minimum Gasteiger partial charge on any atom is -0.369 e. The van der Waals surface area contributed by atoms with Crippen molar-refractivity contribution in [3.05, 3.63) is 29.8 Å². The standard InChI is InChI=1S/C12H15N3/c1-10-9-15(6-5-14-10)12-4-2-3-11(7-12)8-13/h2-4,7,10,14H,5-6,9H2,1H3/t10-/m0/s1. The molecule has 3 nitrogen and oxygen atoms in total. The lowest BCUT2D eigenvalue weighted by Gasteiger charge is -2.33. The molecule has 1 fully saturated rings. The fraction of sp³-hybridized carbons (Fsp3) is 0.417. The smallest absolute Gasteiger partial charge is 0.0992 e. The van der Waals surface area contributed by atoms with Gasteiger partial charge in [0.25, 0.3) is 0 Å². The molecule has 1 aromatic rings. The van der Waals surface area contributed by atoms with Crippen LogP contribution in [0.1, 0.15) is 12.5 Å². The van der Waals surface area contributed by atoms with E-state index in [4.69, 9.17) is 5.26 Å². The third-order valence-corrected chi connectivity index (χ3v) is 2.71. The van der Waals surface area contributed by atoms with Gasteiger partial charge in [-0.15, -0.1) is 0 Å². The number of rotatable bonds is 1. The van der Waals surface area contributed by atoms with Gasteiger partial charge in [-0.2, -0.15) is 5.26 Å². The molecule has 0 unspecified atom stereocenters. The number of piperazine rings is 1. The summed E-state index contributed by atoms with van der Waals surface area (Å²) in [4.78, 5) is 2.32. The molecule has 0 amide bonds. The summed E-state index contributed by atoms with van der Waals surface area (Å²) >= 11 is 0. The molecule has 0 spiro atoms. The van der Waals surface area contributed by atoms with Crippen LogP contribution in [0.3, 0.4) is 0 Å². The number of benzene rings is 1. The first-order valence-corrected chi connectivity index (χ1v) is 5.28. The predicted molar refractivity (Wildman–Crippen MR) is 60.8 cm³/mol. The van der Waals surface area contributed by atoms with Crippen LogP contribution in [0.2, 0.25) is 0 Å². The van der Waals surface area contributed by atoms with E-state index in [0.29, 0.717) is 6.04 Å². The maximum atomic E-state index is 8.83. The van der Waals surface area contributed by atoms with Gasteiger partial charge in [0.15, 0.2) is 0 Å². The van der Waals surface area contributed by atoms with Crippen molar-refractivity contribution in [2.75, 3.05) is 24.5 Å². The first-order chi connectivity index (χ1) is 7.29. The van der Waals surface area contributed by atoms with Gasteiger partial charge in [-0.05, 0) is 25.1 Å². The van der Waals surface area contributed by atoms with Crippen molar-refractivity contribution < 1.29 is 0 Å². The average Bonchev–Trinajstić information content (AvgIpc) is 2.29. The second kappa shape index (κ2) is 4.33. The predicted octanol–water partition coefficient (Wildman–Crippen LogP) is 1.36. The molecule has 2 rings (SSSR count). The third kappa shape index (κ3) is 2.28.